The van der Waals surface area contributed by atoms with E-state index in [-0.39, 0.29) is 30.1 Å². The smallest absolute Gasteiger partial charge is 0.382 e. The van der Waals surface area contributed by atoms with Crippen LogP contribution in [0.15, 0.2) is 53.8 Å². The van der Waals surface area contributed by atoms with Crippen LogP contribution in [0.5, 0.6) is 0 Å². The van der Waals surface area contributed by atoms with E-state index in [1.807, 2.05) is 0 Å². The summed E-state index contributed by atoms with van der Waals surface area (Å²) < 4.78 is 42.4. The molecule has 210 valence electrons. The number of carbonyl (C=O) groups excluding carboxylic acids is 1. The zero-order valence-corrected chi connectivity index (χ0v) is 21.5. The number of nitrogens with one attached hydrogen (secondary N) is 2. The molecule has 40 heavy (non-hydrogen) atoms. The molecule has 1 saturated heterocycles. The van der Waals surface area contributed by atoms with Crippen molar-refractivity contribution in [3.05, 3.63) is 70.4 Å². The molecule has 2 unspecified atom stereocenters. The zero-order valence-electron chi connectivity index (χ0n) is 20.7. The summed E-state index contributed by atoms with van der Waals surface area (Å²) in [5.74, 6) is 0.0817. The van der Waals surface area contributed by atoms with E-state index >= 15 is 0 Å². The van der Waals surface area contributed by atoms with Crippen molar-refractivity contribution in [2.24, 2.45) is 0 Å². The minimum Gasteiger partial charge on any atom is -0.382 e. The predicted octanol–water partition coefficient (Wildman–Crippen LogP) is 2.00. The summed E-state index contributed by atoms with van der Waals surface area (Å²) in [5.41, 5.74) is 0.684. The van der Waals surface area contributed by atoms with E-state index in [1.54, 1.807) is 18.5 Å². The second kappa shape index (κ2) is 11.1. The van der Waals surface area contributed by atoms with Gasteiger partial charge in [0, 0.05) is 35.8 Å². The largest absolute Gasteiger partial charge is 0.416 e. The normalized spacial score (nSPS) is 16.2. The molecule has 1 amide bonds. The average Bonchev–Trinajstić information content (AvgIpc) is 3.63. The molecule has 1 fully saturated rings. The van der Waals surface area contributed by atoms with Crippen LogP contribution in [0.2, 0.25) is 5.02 Å². The van der Waals surface area contributed by atoms with E-state index in [9.17, 15) is 27.9 Å². The molecule has 5 rings (SSSR count). The van der Waals surface area contributed by atoms with Crippen molar-refractivity contribution in [2.45, 2.75) is 44.3 Å². The minimum absolute atomic E-state index is 0.00694. The van der Waals surface area contributed by atoms with Crippen LogP contribution in [0, 0.1) is 0 Å². The Morgan fingerprint density at radius 2 is 1.95 bits per heavy atom. The average molecular weight is 578 g/mol. The molecule has 1 aliphatic rings. The number of nitrogens with zero attached hydrogens (tertiary/aromatic N) is 7. The molecule has 0 saturated carbocycles. The third kappa shape index (κ3) is 5.99. The Bertz CT molecular complexity index is 1570. The molecule has 0 aliphatic carbocycles. The standard InChI is InChI=1S/C24H23ClF3N9O3/c25-15-3-1-14(2-4-15)22-34-36(23(40)35(22)11-19(38)24(26,27)28)12-20-31-13-37(33-20)18-10-29-8-7-17(18)30-9-16-5-6-21(39)32-16/h1-4,7-8,10,13,16,19,38H,5-6,9,11-12H2,(H,29,30)(H,32,39). The number of aromatic nitrogens is 7. The number of carbonyl (C=O) groups is 1. The van der Waals surface area contributed by atoms with Crippen LogP contribution >= 0.6 is 11.6 Å². The van der Waals surface area contributed by atoms with Gasteiger partial charge in [-0.15, -0.1) is 10.2 Å². The minimum atomic E-state index is -4.93. The number of anilines is 1. The van der Waals surface area contributed by atoms with Crippen LogP contribution in [-0.4, -0.2) is 70.0 Å². The van der Waals surface area contributed by atoms with E-state index in [0.717, 1.165) is 15.7 Å². The monoisotopic (exact) mass is 577 g/mol. The van der Waals surface area contributed by atoms with Crippen LogP contribution in [0.1, 0.15) is 18.7 Å². The predicted molar refractivity (Wildman–Crippen MR) is 137 cm³/mol. The first-order chi connectivity index (χ1) is 19.1. The van der Waals surface area contributed by atoms with Crippen LogP contribution in [0.4, 0.5) is 18.9 Å². The van der Waals surface area contributed by atoms with Gasteiger partial charge < -0.3 is 15.7 Å². The summed E-state index contributed by atoms with van der Waals surface area (Å²) in [4.78, 5) is 32.9. The van der Waals surface area contributed by atoms with Gasteiger partial charge in [0.15, 0.2) is 17.8 Å². The fraction of sp³-hybridized carbons (Fsp3) is 0.333. The molecule has 2 atom stereocenters. The van der Waals surface area contributed by atoms with Crippen LogP contribution < -0.4 is 16.3 Å². The van der Waals surface area contributed by atoms with E-state index < -0.39 is 24.5 Å². The Morgan fingerprint density at radius 3 is 2.65 bits per heavy atom. The van der Waals surface area contributed by atoms with Gasteiger partial charge in [0.05, 0.1) is 18.4 Å². The summed E-state index contributed by atoms with van der Waals surface area (Å²) >= 11 is 5.92. The lowest BCUT2D eigenvalue weighted by atomic mass is 10.2. The van der Waals surface area contributed by atoms with Gasteiger partial charge in [0.1, 0.15) is 18.6 Å². The van der Waals surface area contributed by atoms with Gasteiger partial charge in [-0.3, -0.25) is 14.3 Å². The maximum atomic E-state index is 13.1. The van der Waals surface area contributed by atoms with Gasteiger partial charge in [-0.05, 0) is 36.8 Å². The molecule has 4 heterocycles. The number of pyridine rings is 1. The Balaban J connectivity index is 1.40. The number of amides is 1. The van der Waals surface area contributed by atoms with Crippen molar-refractivity contribution in [3.63, 3.8) is 0 Å². The molecule has 1 aliphatic heterocycles. The van der Waals surface area contributed by atoms with Gasteiger partial charge in [0.2, 0.25) is 5.91 Å². The van der Waals surface area contributed by atoms with Crippen molar-refractivity contribution < 1.29 is 23.1 Å². The second-order valence-electron chi connectivity index (χ2n) is 9.12. The Morgan fingerprint density at radius 1 is 1.18 bits per heavy atom. The maximum Gasteiger partial charge on any atom is 0.416 e. The van der Waals surface area contributed by atoms with Crippen molar-refractivity contribution >= 4 is 23.2 Å². The molecule has 0 radical (unpaired) electrons. The molecule has 3 N–H and O–H groups in total. The molecule has 12 nitrogen and oxygen atoms in total. The van der Waals surface area contributed by atoms with E-state index in [4.69, 9.17) is 11.6 Å². The fourth-order valence-corrected chi connectivity index (χ4v) is 4.33. The molecule has 1 aromatic carbocycles. The highest BCUT2D eigenvalue weighted by Gasteiger charge is 2.39. The molecular formula is C24H23ClF3N9O3. The summed E-state index contributed by atoms with van der Waals surface area (Å²) in [5, 5.41) is 24.8. The van der Waals surface area contributed by atoms with Crippen molar-refractivity contribution in [3.8, 4) is 17.1 Å². The quantitative estimate of drug-likeness (QED) is 0.274. The topological polar surface area (TPSA) is 145 Å². The first-order valence-corrected chi connectivity index (χ1v) is 12.5. The summed E-state index contributed by atoms with van der Waals surface area (Å²) in [6, 6.07) is 7.76. The number of alkyl halides is 3. The van der Waals surface area contributed by atoms with Crippen LogP contribution in [-0.2, 0) is 17.9 Å². The lowest BCUT2D eigenvalue weighted by molar-refractivity contribution is -0.207. The molecule has 3 aromatic heterocycles. The Hall–Kier alpha value is -4.24. The number of benzene rings is 1. The summed E-state index contributed by atoms with van der Waals surface area (Å²) in [7, 11) is 0. The van der Waals surface area contributed by atoms with Gasteiger partial charge in [-0.1, -0.05) is 11.6 Å². The van der Waals surface area contributed by atoms with Gasteiger partial charge >= 0.3 is 11.9 Å². The SMILES string of the molecule is O=C1CCC(CNc2ccncc2-n2cnc(Cn3nc(-c4ccc(Cl)cc4)n(CC(O)C(F)(F)F)c3=O)n2)N1. The lowest BCUT2D eigenvalue weighted by Gasteiger charge is -2.15. The number of halogens is 4. The maximum absolute atomic E-state index is 13.1. The number of hydrogen-bond donors (Lipinski definition) is 3. The molecule has 16 heteroatoms. The highest BCUT2D eigenvalue weighted by atomic mass is 35.5. The molecule has 0 bridgehead atoms. The highest BCUT2D eigenvalue weighted by molar-refractivity contribution is 6.30. The number of aliphatic hydroxyl groups excluding tert-OH is 1. The fourth-order valence-electron chi connectivity index (χ4n) is 4.20. The molecule has 0 spiro atoms. The van der Waals surface area contributed by atoms with Crippen molar-refractivity contribution in [1.29, 1.82) is 0 Å². The number of rotatable bonds is 9. The van der Waals surface area contributed by atoms with Crippen LogP contribution in [0.25, 0.3) is 17.1 Å². The summed E-state index contributed by atoms with van der Waals surface area (Å²) in [6.45, 7) is -0.804. The third-order valence-corrected chi connectivity index (χ3v) is 6.51. The highest BCUT2D eigenvalue weighted by Crippen LogP contribution is 2.24. The molecular weight excluding hydrogens is 555 g/mol. The molecule has 4 aromatic rings. The van der Waals surface area contributed by atoms with Crippen molar-refractivity contribution in [2.75, 3.05) is 11.9 Å². The van der Waals surface area contributed by atoms with Crippen molar-refractivity contribution in [1.82, 2.24) is 39.4 Å². The van der Waals surface area contributed by atoms with Crippen LogP contribution in [0.3, 0.4) is 0 Å². The Kier molecular flexibility index (Phi) is 7.58. The third-order valence-electron chi connectivity index (χ3n) is 6.26. The van der Waals surface area contributed by atoms with Gasteiger partial charge in [-0.2, -0.15) is 13.2 Å². The lowest BCUT2D eigenvalue weighted by Crippen LogP contribution is -2.37. The summed E-state index contributed by atoms with van der Waals surface area (Å²) in [6.07, 6.45) is -1.95. The van der Waals surface area contributed by atoms with Gasteiger partial charge in [-0.25, -0.2) is 19.1 Å². The number of aliphatic hydroxyl groups is 1. The van der Waals surface area contributed by atoms with E-state index in [2.05, 4.69) is 30.8 Å². The Labute approximate surface area is 229 Å². The first-order valence-electron chi connectivity index (χ1n) is 12.1. The zero-order chi connectivity index (χ0) is 28.4. The number of hydrogen-bond acceptors (Lipinski definition) is 8. The van der Waals surface area contributed by atoms with Gasteiger partial charge in [0.25, 0.3) is 0 Å². The second-order valence-corrected chi connectivity index (χ2v) is 9.56. The van der Waals surface area contributed by atoms with E-state index in [0.29, 0.717) is 34.9 Å². The first kappa shape index (κ1) is 27.3. The van der Waals surface area contributed by atoms with E-state index in [1.165, 1.54) is 35.3 Å².